The van der Waals surface area contributed by atoms with E-state index < -0.39 is 5.97 Å². The Hall–Kier alpha value is -0.900. The van der Waals surface area contributed by atoms with Crippen LogP contribution in [0.5, 0.6) is 0 Å². The summed E-state index contributed by atoms with van der Waals surface area (Å²) in [4.78, 5) is 10.7. The van der Waals surface area contributed by atoms with E-state index in [1.165, 1.54) is 6.07 Å². The number of hydrogen-bond acceptors (Lipinski definition) is 1. The molecule has 0 aliphatic rings. The van der Waals surface area contributed by atoms with Crippen molar-refractivity contribution in [2.75, 3.05) is 0 Å². The molecule has 0 aliphatic heterocycles. The van der Waals surface area contributed by atoms with E-state index in [2.05, 4.69) is 15.9 Å². The van der Waals surface area contributed by atoms with Gasteiger partial charge in [-0.2, -0.15) is 0 Å². The highest BCUT2D eigenvalue weighted by molar-refractivity contribution is 9.10. The summed E-state index contributed by atoms with van der Waals surface area (Å²) in [6.07, 6.45) is 1.49. The monoisotopic (exact) mass is 288 g/mol. The van der Waals surface area contributed by atoms with Crippen LogP contribution in [-0.2, 0) is 4.79 Å². The minimum atomic E-state index is -0.891. The summed E-state index contributed by atoms with van der Waals surface area (Å²) >= 11 is 3.27. The van der Waals surface area contributed by atoms with Crippen molar-refractivity contribution >= 4 is 21.9 Å². The summed E-state index contributed by atoms with van der Waals surface area (Å²) < 4.78 is 14.4. The van der Waals surface area contributed by atoms with Crippen LogP contribution in [-0.4, -0.2) is 11.1 Å². The van der Waals surface area contributed by atoms with Gasteiger partial charge in [-0.25, -0.2) is 4.39 Å². The molecule has 0 aromatic heterocycles. The van der Waals surface area contributed by atoms with Crippen LogP contribution < -0.4 is 0 Å². The first-order valence-electron chi connectivity index (χ1n) is 5.21. The number of aliphatic carboxylic acids is 1. The molecule has 0 saturated carbocycles. The highest BCUT2D eigenvalue weighted by Crippen LogP contribution is 2.29. The molecule has 0 bridgehead atoms. The molecule has 1 aromatic carbocycles. The molecule has 0 spiro atoms. The number of halogens is 2. The van der Waals surface area contributed by atoms with Gasteiger partial charge in [-0.05, 0) is 36.1 Å². The molecule has 0 heterocycles. The van der Waals surface area contributed by atoms with Gasteiger partial charge in [0.05, 0.1) is 6.42 Å². The number of carboxylic acids is 1. The molecule has 88 valence electrons. The molecule has 0 radical (unpaired) electrons. The van der Waals surface area contributed by atoms with Gasteiger partial charge in [0.15, 0.2) is 0 Å². The van der Waals surface area contributed by atoms with E-state index in [4.69, 9.17) is 5.11 Å². The van der Waals surface area contributed by atoms with Crippen LogP contribution >= 0.6 is 15.9 Å². The van der Waals surface area contributed by atoms with E-state index in [1.807, 2.05) is 6.92 Å². The Labute approximate surface area is 103 Å². The van der Waals surface area contributed by atoms with Crippen LogP contribution in [0.2, 0.25) is 0 Å². The zero-order valence-corrected chi connectivity index (χ0v) is 10.6. The number of rotatable bonds is 5. The Bertz CT molecular complexity index is 379. The van der Waals surface area contributed by atoms with Crippen molar-refractivity contribution in [1.82, 2.24) is 0 Å². The molecule has 0 amide bonds. The second-order valence-corrected chi connectivity index (χ2v) is 4.66. The third-order valence-corrected chi connectivity index (χ3v) is 2.95. The molecule has 1 rings (SSSR count). The second kappa shape index (κ2) is 5.99. The van der Waals surface area contributed by atoms with Gasteiger partial charge in [-0.1, -0.05) is 29.3 Å². The molecule has 1 atom stereocenters. The predicted molar refractivity (Wildman–Crippen MR) is 64.0 cm³/mol. The first-order valence-corrected chi connectivity index (χ1v) is 6.00. The molecule has 1 aromatic rings. The van der Waals surface area contributed by atoms with Gasteiger partial charge < -0.3 is 5.11 Å². The Balaban J connectivity index is 2.99. The molecular weight excluding hydrogens is 275 g/mol. The highest BCUT2D eigenvalue weighted by atomic mass is 79.9. The van der Waals surface area contributed by atoms with E-state index in [1.54, 1.807) is 12.1 Å². The summed E-state index contributed by atoms with van der Waals surface area (Å²) in [6.45, 7) is 1.96. The maximum Gasteiger partial charge on any atom is 0.303 e. The lowest BCUT2D eigenvalue weighted by Crippen LogP contribution is -2.08. The Kier molecular flexibility index (Phi) is 4.93. The fraction of sp³-hybridized carbons (Fsp3) is 0.417. The van der Waals surface area contributed by atoms with E-state index in [0.717, 1.165) is 10.9 Å². The van der Waals surface area contributed by atoms with Gasteiger partial charge in [0.2, 0.25) is 0 Å². The summed E-state index contributed by atoms with van der Waals surface area (Å²) in [5.41, 5.74) is 0.485. The molecule has 0 fully saturated rings. The molecule has 4 heteroatoms. The molecule has 1 unspecified atom stereocenters. The molecule has 0 aliphatic carbocycles. The van der Waals surface area contributed by atoms with Gasteiger partial charge in [0.1, 0.15) is 5.82 Å². The largest absolute Gasteiger partial charge is 0.481 e. The quantitative estimate of drug-likeness (QED) is 0.891. The molecule has 16 heavy (non-hydrogen) atoms. The zero-order valence-electron chi connectivity index (χ0n) is 9.04. The van der Waals surface area contributed by atoms with Crippen LogP contribution in [0.3, 0.4) is 0 Å². The lowest BCUT2D eigenvalue weighted by Gasteiger charge is -2.15. The third kappa shape index (κ3) is 3.59. The fourth-order valence-corrected chi connectivity index (χ4v) is 2.13. The normalized spacial score (nSPS) is 12.4. The maximum absolute atomic E-state index is 13.6. The molecular formula is C12H14BrFO2. The van der Waals surface area contributed by atoms with Crippen LogP contribution in [0.25, 0.3) is 0 Å². The highest BCUT2D eigenvalue weighted by Gasteiger charge is 2.18. The van der Waals surface area contributed by atoms with Gasteiger partial charge in [-0.3, -0.25) is 4.79 Å². The van der Waals surface area contributed by atoms with Crippen LogP contribution in [0.1, 0.15) is 37.7 Å². The van der Waals surface area contributed by atoms with Crippen molar-refractivity contribution < 1.29 is 14.3 Å². The number of carbonyl (C=O) groups is 1. The standard InChI is InChI=1S/C12H14BrFO2/c1-2-3-8(6-12(15)16)10-7-9(13)4-5-11(10)14/h4-5,7-8H,2-3,6H2,1H3,(H,15,16). The van der Waals surface area contributed by atoms with Crippen LogP contribution in [0.15, 0.2) is 22.7 Å². The lowest BCUT2D eigenvalue weighted by molar-refractivity contribution is -0.137. The second-order valence-electron chi connectivity index (χ2n) is 3.75. The van der Waals surface area contributed by atoms with Crippen molar-refractivity contribution in [3.05, 3.63) is 34.1 Å². The van der Waals surface area contributed by atoms with Gasteiger partial charge in [0.25, 0.3) is 0 Å². The van der Waals surface area contributed by atoms with Crippen molar-refractivity contribution in [2.24, 2.45) is 0 Å². The average molecular weight is 289 g/mol. The minimum absolute atomic E-state index is 0.0266. The fourth-order valence-electron chi connectivity index (χ4n) is 1.75. The molecule has 0 saturated heterocycles. The molecule has 2 nitrogen and oxygen atoms in total. The smallest absolute Gasteiger partial charge is 0.303 e. The SMILES string of the molecule is CCCC(CC(=O)O)c1cc(Br)ccc1F. The van der Waals surface area contributed by atoms with Crippen molar-refractivity contribution in [1.29, 1.82) is 0 Å². The lowest BCUT2D eigenvalue weighted by atomic mass is 9.91. The zero-order chi connectivity index (χ0) is 12.1. The Morgan fingerprint density at radius 1 is 1.56 bits per heavy atom. The average Bonchev–Trinajstić information content (AvgIpc) is 2.20. The van der Waals surface area contributed by atoms with Crippen molar-refractivity contribution in [3.8, 4) is 0 Å². The van der Waals surface area contributed by atoms with E-state index in [9.17, 15) is 9.18 Å². The minimum Gasteiger partial charge on any atom is -0.481 e. The van der Waals surface area contributed by atoms with Gasteiger partial charge in [0, 0.05) is 4.47 Å². The summed E-state index contributed by atoms with van der Waals surface area (Å²) in [7, 11) is 0. The number of carboxylic acid groups (broad SMARTS) is 1. The molecule has 1 N–H and O–H groups in total. The van der Waals surface area contributed by atoms with Crippen molar-refractivity contribution in [2.45, 2.75) is 32.1 Å². The Morgan fingerprint density at radius 2 is 2.25 bits per heavy atom. The maximum atomic E-state index is 13.6. The van der Waals surface area contributed by atoms with Crippen molar-refractivity contribution in [3.63, 3.8) is 0 Å². The van der Waals surface area contributed by atoms with E-state index in [0.29, 0.717) is 12.0 Å². The van der Waals surface area contributed by atoms with E-state index in [-0.39, 0.29) is 18.2 Å². The van der Waals surface area contributed by atoms with E-state index >= 15 is 0 Å². The number of benzene rings is 1. The summed E-state index contributed by atoms with van der Waals surface area (Å²) in [5, 5.41) is 8.80. The summed E-state index contributed by atoms with van der Waals surface area (Å²) in [5.74, 6) is -1.47. The van der Waals surface area contributed by atoms with Crippen LogP contribution in [0.4, 0.5) is 4.39 Å². The predicted octanol–water partition coefficient (Wildman–Crippen LogP) is 3.95. The third-order valence-electron chi connectivity index (χ3n) is 2.46. The van der Waals surface area contributed by atoms with Crippen LogP contribution in [0, 0.1) is 5.82 Å². The first-order chi connectivity index (χ1) is 7.54. The Morgan fingerprint density at radius 3 is 2.81 bits per heavy atom. The number of hydrogen-bond donors (Lipinski definition) is 1. The van der Waals surface area contributed by atoms with Gasteiger partial charge >= 0.3 is 5.97 Å². The topological polar surface area (TPSA) is 37.3 Å². The first kappa shape index (κ1) is 13.2. The summed E-state index contributed by atoms with van der Waals surface area (Å²) in [6, 6.07) is 4.64. The van der Waals surface area contributed by atoms with Gasteiger partial charge in [-0.15, -0.1) is 0 Å².